The van der Waals surface area contributed by atoms with E-state index in [9.17, 15) is 9.18 Å². The lowest BCUT2D eigenvalue weighted by Crippen LogP contribution is -2.18. The molecule has 0 aliphatic heterocycles. The number of carbonyl (C=O) groups excluding carboxylic acids is 1. The third kappa shape index (κ3) is 4.43. The van der Waals surface area contributed by atoms with Gasteiger partial charge in [-0.15, -0.1) is 16.9 Å². The van der Waals surface area contributed by atoms with Crippen molar-refractivity contribution in [2.75, 3.05) is 11.1 Å². The Bertz CT molecular complexity index is 962. The standard InChI is InChI=1S/C18H15Cl2FN4OS/c1-2-27-10-25-17(16(23-24-25)11-6-8-12(21)9-7-11)18(26)22-14-5-3-4-13(19)15(14)20/h3-9H,2,10H2,1H3,(H,22,26). The van der Waals surface area contributed by atoms with Crippen molar-refractivity contribution < 1.29 is 9.18 Å². The summed E-state index contributed by atoms with van der Waals surface area (Å²) in [5.41, 5.74) is 1.60. The van der Waals surface area contributed by atoms with Crippen LogP contribution in [-0.4, -0.2) is 26.7 Å². The van der Waals surface area contributed by atoms with E-state index in [0.29, 0.717) is 27.8 Å². The molecule has 0 saturated heterocycles. The van der Waals surface area contributed by atoms with Crippen LogP contribution in [0.25, 0.3) is 11.3 Å². The highest BCUT2D eigenvalue weighted by atomic mass is 35.5. The van der Waals surface area contributed by atoms with Crippen LogP contribution >= 0.6 is 35.0 Å². The highest BCUT2D eigenvalue weighted by molar-refractivity contribution is 7.98. The van der Waals surface area contributed by atoms with Crippen LogP contribution in [0.3, 0.4) is 0 Å². The highest BCUT2D eigenvalue weighted by Crippen LogP contribution is 2.31. The summed E-state index contributed by atoms with van der Waals surface area (Å²) in [7, 11) is 0. The molecule has 0 bridgehead atoms. The van der Waals surface area contributed by atoms with Gasteiger partial charge in [0.15, 0.2) is 5.69 Å². The third-order valence-corrected chi connectivity index (χ3v) is 5.34. The number of benzene rings is 2. The summed E-state index contributed by atoms with van der Waals surface area (Å²) in [6.07, 6.45) is 0. The van der Waals surface area contributed by atoms with Crippen molar-refractivity contribution in [3.8, 4) is 11.3 Å². The Morgan fingerprint density at radius 1 is 1.22 bits per heavy atom. The maximum absolute atomic E-state index is 13.3. The zero-order valence-electron chi connectivity index (χ0n) is 14.2. The molecule has 0 atom stereocenters. The molecule has 0 saturated carbocycles. The summed E-state index contributed by atoms with van der Waals surface area (Å²) in [6.45, 7) is 2.01. The molecule has 0 aliphatic rings. The largest absolute Gasteiger partial charge is 0.319 e. The number of thioether (sulfide) groups is 1. The molecule has 27 heavy (non-hydrogen) atoms. The summed E-state index contributed by atoms with van der Waals surface area (Å²) >= 11 is 13.8. The smallest absolute Gasteiger partial charge is 0.276 e. The molecule has 1 aromatic heterocycles. The van der Waals surface area contributed by atoms with E-state index in [1.165, 1.54) is 16.8 Å². The van der Waals surface area contributed by atoms with Crippen molar-refractivity contribution in [3.63, 3.8) is 0 Å². The van der Waals surface area contributed by atoms with Crippen molar-refractivity contribution in [2.24, 2.45) is 0 Å². The number of rotatable bonds is 6. The van der Waals surface area contributed by atoms with Gasteiger partial charge in [0.05, 0.1) is 21.6 Å². The number of carbonyl (C=O) groups is 1. The minimum absolute atomic E-state index is 0.248. The number of nitrogens with zero attached hydrogens (tertiary/aromatic N) is 3. The summed E-state index contributed by atoms with van der Waals surface area (Å²) in [4.78, 5) is 13.0. The van der Waals surface area contributed by atoms with Crippen molar-refractivity contribution in [1.82, 2.24) is 15.0 Å². The minimum Gasteiger partial charge on any atom is -0.319 e. The van der Waals surface area contributed by atoms with Crippen LogP contribution in [-0.2, 0) is 5.88 Å². The predicted octanol–water partition coefficient (Wildman–Crippen LogP) is 5.35. The van der Waals surface area contributed by atoms with Crippen molar-refractivity contribution in [1.29, 1.82) is 0 Å². The third-order valence-electron chi connectivity index (χ3n) is 3.69. The van der Waals surface area contributed by atoms with Gasteiger partial charge in [0, 0.05) is 5.56 Å². The first kappa shape index (κ1) is 19.7. The summed E-state index contributed by atoms with van der Waals surface area (Å²) in [5, 5.41) is 11.6. The number of anilines is 1. The second kappa shape index (κ2) is 8.73. The lowest BCUT2D eigenvalue weighted by atomic mass is 10.1. The van der Waals surface area contributed by atoms with Crippen LogP contribution in [0.2, 0.25) is 10.0 Å². The van der Waals surface area contributed by atoms with Gasteiger partial charge in [-0.3, -0.25) is 4.79 Å². The van der Waals surface area contributed by atoms with Crippen molar-refractivity contribution in [3.05, 3.63) is 64.0 Å². The Kier molecular flexibility index (Phi) is 6.36. The van der Waals surface area contributed by atoms with Gasteiger partial charge in [0.1, 0.15) is 11.5 Å². The Balaban J connectivity index is 2.00. The highest BCUT2D eigenvalue weighted by Gasteiger charge is 2.22. The fraction of sp³-hybridized carbons (Fsp3) is 0.167. The van der Waals surface area contributed by atoms with E-state index >= 15 is 0 Å². The van der Waals surface area contributed by atoms with Crippen LogP contribution in [0.15, 0.2) is 42.5 Å². The number of aromatic nitrogens is 3. The lowest BCUT2D eigenvalue weighted by molar-refractivity contribution is 0.101. The molecule has 0 radical (unpaired) electrons. The molecular weight excluding hydrogens is 410 g/mol. The molecule has 2 aromatic carbocycles. The number of nitrogens with one attached hydrogen (secondary N) is 1. The first-order chi connectivity index (χ1) is 13.0. The summed E-state index contributed by atoms with van der Waals surface area (Å²) in [6, 6.07) is 10.7. The van der Waals surface area contributed by atoms with Crippen molar-refractivity contribution in [2.45, 2.75) is 12.8 Å². The Morgan fingerprint density at radius 2 is 1.96 bits per heavy atom. The molecule has 1 N–H and O–H groups in total. The predicted molar refractivity (Wildman–Crippen MR) is 108 cm³/mol. The van der Waals surface area contributed by atoms with E-state index in [1.54, 1.807) is 42.1 Å². The summed E-state index contributed by atoms with van der Waals surface area (Å²) < 4.78 is 14.8. The zero-order chi connectivity index (χ0) is 19.4. The van der Waals surface area contributed by atoms with E-state index in [0.717, 1.165) is 5.75 Å². The van der Waals surface area contributed by atoms with Crippen LogP contribution in [0, 0.1) is 5.82 Å². The van der Waals surface area contributed by atoms with E-state index in [4.69, 9.17) is 23.2 Å². The zero-order valence-corrected chi connectivity index (χ0v) is 16.6. The number of amides is 1. The van der Waals surface area contributed by atoms with Crippen LogP contribution in [0.4, 0.5) is 10.1 Å². The number of hydrogen-bond acceptors (Lipinski definition) is 4. The van der Waals surface area contributed by atoms with E-state index < -0.39 is 5.91 Å². The molecule has 1 amide bonds. The maximum atomic E-state index is 13.3. The Morgan fingerprint density at radius 3 is 2.67 bits per heavy atom. The number of hydrogen-bond donors (Lipinski definition) is 1. The van der Waals surface area contributed by atoms with Gasteiger partial charge in [0.2, 0.25) is 0 Å². The average Bonchev–Trinajstić information content (AvgIpc) is 3.08. The number of halogens is 3. The monoisotopic (exact) mass is 424 g/mol. The lowest BCUT2D eigenvalue weighted by Gasteiger charge is -2.10. The first-order valence-corrected chi connectivity index (χ1v) is 9.94. The molecule has 0 spiro atoms. The first-order valence-electron chi connectivity index (χ1n) is 8.03. The molecule has 3 aromatic rings. The van der Waals surface area contributed by atoms with Gasteiger partial charge in [0.25, 0.3) is 5.91 Å². The van der Waals surface area contributed by atoms with Gasteiger partial charge in [-0.2, -0.15) is 0 Å². The quantitative estimate of drug-likeness (QED) is 0.578. The van der Waals surface area contributed by atoms with E-state index in [1.807, 2.05) is 6.92 Å². The molecule has 1 heterocycles. The Hall–Kier alpha value is -2.09. The van der Waals surface area contributed by atoms with Gasteiger partial charge >= 0.3 is 0 Å². The average molecular weight is 425 g/mol. The molecule has 0 aliphatic carbocycles. The SMILES string of the molecule is CCSCn1nnc(-c2ccc(F)cc2)c1C(=O)Nc1cccc(Cl)c1Cl. The maximum Gasteiger partial charge on any atom is 0.276 e. The van der Waals surface area contributed by atoms with E-state index in [-0.39, 0.29) is 16.5 Å². The van der Waals surface area contributed by atoms with Crippen LogP contribution < -0.4 is 5.32 Å². The second-order valence-corrected chi connectivity index (χ2v) is 7.50. The second-order valence-electron chi connectivity index (χ2n) is 5.47. The van der Waals surface area contributed by atoms with Gasteiger partial charge in [-0.1, -0.05) is 41.4 Å². The molecule has 3 rings (SSSR count). The fourth-order valence-electron chi connectivity index (χ4n) is 2.39. The summed E-state index contributed by atoms with van der Waals surface area (Å²) in [5.74, 6) is 0.508. The van der Waals surface area contributed by atoms with Crippen LogP contribution in [0.1, 0.15) is 17.4 Å². The molecular formula is C18H15Cl2FN4OS. The Labute approximate surface area is 169 Å². The molecule has 9 heteroatoms. The fourth-order valence-corrected chi connectivity index (χ4v) is 3.27. The normalized spacial score (nSPS) is 10.8. The van der Waals surface area contributed by atoms with Gasteiger partial charge in [-0.05, 0) is 42.2 Å². The van der Waals surface area contributed by atoms with Gasteiger partial charge < -0.3 is 5.32 Å². The van der Waals surface area contributed by atoms with E-state index in [2.05, 4.69) is 15.6 Å². The minimum atomic E-state index is -0.430. The topological polar surface area (TPSA) is 59.8 Å². The molecule has 0 fully saturated rings. The molecule has 140 valence electrons. The van der Waals surface area contributed by atoms with Crippen molar-refractivity contribution >= 4 is 46.6 Å². The van der Waals surface area contributed by atoms with Gasteiger partial charge in [-0.25, -0.2) is 9.07 Å². The van der Waals surface area contributed by atoms with Crippen LogP contribution in [0.5, 0.6) is 0 Å². The molecule has 5 nitrogen and oxygen atoms in total. The molecule has 0 unspecified atom stereocenters.